The number of hydrogen-bond acceptors (Lipinski definition) is 2. The molecule has 0 spiro atoms. The van der Waals surface area contributed by atoms with Gasteiger partial charge in [-0.25, -0.2) is 0 Å². The first kappa shape index (κ1) is 16.2. The number of hydrogen-bond donors (Lipinski definition) is 0. The van der Waals surface area contributed by atoms with E-state index in [1.807, 2.05) is 61.5 Å². The molecule has 2 aromatic rings. The molecule has 1 aliphatic rings. The first-order valence-electron chi connectivity index (χ1n) is 8.30. The second kappa shape index (κ2) is 6.87. The third-order valence-electron chi connectivity index (χ3n) is 4.47. The standard InChI is InChI=1S/C20H22N2O2/c1-3-19(23)22-17-12-8-7-11-16(17)13-18(22)20(24)21(2)14-15-9-5-4-6-10-15/h4-12,18H,3,13-14H2,1-2H3. The summed E-state index contributed by atoms with van der Waals surface area (Å²) in [7, 11) is 1.80. The lowest BCUT2D eigenvalue weighted by molar-refractivity contribution is -0.133. The molecule has 124 valence electrons. The van der Waals surface area contributed by atoms with Gasteiger partial charge in [-0.1, -0.05) is 55.5 Å². The number of para-hydroxylation sites is 1. The van der Waals surface area contributed by atoms with Crippen LogP contribution in [0.15, 0.2) is 54.6 Å². The number of rotatable bonds is 4. The van der Waals surface area contributed by atoms with Gasteiger partial charge in [0.15, 0.2) is 0 Å². The van der Waals surface area contributed by atoms with Crippen molar-refractivity contribution in [2.24, 2.45) is 0 Å². The van der Waals surface area contributed by atoms with E-state index in [1.54, 1.807) is 16.8 Å². The summed E-state index contributed by atoms with van der Waals surface area (Å²) in [4.78, 5) is 28.8. The third-order valence-corrected chi connectivity index (χ3v) is 4.47. The van der Waals surface area contributed by atoms with Crippen LogP contribution in [0.2, 0.25) is 0 Å². The Hall–Kier alpha value is -2.62. The summed E-state index contributed by atoms with van der Waals surface area (Å²) in [6.07, 6.45) is 0.973. The molecule has 1 heterocycles. The second-order valence-electron chi connectivity index (χ2n) is 6.15. The molecular formula is C20H22N2O2. The monoisotopic (exact) mass is 322 g/mol. The maximum Gasteiger partial charge on any atom is 0.246 e. The van der Waals surface area contributed by atoms with Crippen molar-refractivity contribution >= 4 is 17.5 Å². The molecule has 4 heteroatoms. The van der Waals surface area contributed by atoms with E-state index in [0.717, 1.165) is 16.8 Å². The second-order valence-corrected chi connectivity index (χ2v) is 6.15. The highest BCUT2D eigenvalue weighted by atomic mass is 16.2. The largest absolute Gasteiger partial charge is 0.340 e. The van der Waals surface area contributed by atoms with E-state index < -0.39 is 6.04 Å². The average Bonchev–Trinajstić information content (AvgIpc) is 3.00. The zero-order valence-electron chi connectivity index (χ0n) is 14.1. The van der Waals surface area contributed by atoms with Gasteiger partial charge in [-0.2, -0.15) is 0 Å². The van der Waals surface area contributed by atoms with E-state index in [4.69, 9.17) is 0 Å². The van der Waals surface area contributed by atoms with Crippen molar-refractivity contribution in [3.8, 4) is 0 Å². The maximum atomic E-state index is 13.0. The lowest BCUT2D eigenvalue weighted by Gasteiger charge is -2.28. The van der Waals surface area contributed by atoms with Crippen molar-refractivity contribution in [1.82, 2.24) is 4.90 Å². The van der Waals surface area contributed by atoms with Crippen LogP contribution in [0.3, 0.4) is 0 Å². The lowest BCUT2D eigenvalue weighted by Crippen LogP contribution is -2.48. The van der Waals surface area contributed by atoms with Crippen molar-refractivity contribution in [1.29, 1.82) is 0 Å². The van der Waals surface area contributed by atoms with Gasteiger partial charge in [0.1, 0.15) is 6.04 Å². The van der Waals surface area contributed by atoms with Gasteiger partial charge in [-0.3, -0.25) is 14.5 Å². The van der Waals surface area contributed by atoms with E-state index in [9.17, 15) is 9.59 Å². The smallest absolute Gasteiger partial charge is 0.246 e. The van der Waals surface area contributed by atoms with Crippen LogP contribution in [0, 0.1) is 0 Å². The van der Waals surface area contributed by atoms with E-state index in [0.29, 0.717) is 19.4 Å². The number of carbonyl (C=O) groups excluding carboxylic acids is 2. The number of amides is 2. The number of likely N-dealkylation sites (N-methyl/N-ethyl adjacent to an activating group) is 1. The van der Waals surface area contributed by atoms with Crippen LogP contribution in [-0.2, 0) is 22.6 Å². The summed E-state index contributed by atoms with van der Waals surface area (Å²) in [5.74, 6) is -0.0248. The van der Waals surface area contributed by atoms with E-state index >= 15 is 0 Å². The Bertz CT molecular complexity index is 742. The molecule has 24 heavy (non-hydrogen) atoms. The Morgan fingerprint density at radius 1 is 1.08 bits per heavy atom. The molecule has 0 N–H and O–H groups in total. The number of fused-ring (bicyclic) bond motifs is 1. The summed E-state index contributed by atoms with van der Waals surface area (Å²) >= 11 is 0. The van der Waals surface area contributed by atoms with Crippen molar-refractivity contribution in [2.75, 3.05) is 11.9 Å². The SMILES string of the molecule is CCC(=O)N1c2ccccc2CC1C(=O)N(C)Cc1ccccc1. The zero-order chi connectivity index (χ0) is 17.1. The molecule has 0 saturated carbocycles. The fourth-order valence-electron chi connectivity index (χ4n) is 3.25. The Balaban J connectivity index is 1.82. The minimum absolute atomic E-state index is 0.00795. The van der Waals surface area contributed by atoms with E-state index in [2.05, 4.69) is 0 Å². The fourth-order valence-corrected chi connectivity index (χ4v) is 3.25. The summed E-state index contributed by atoms with van der Waals surface area (Å²) in [6.45, 7) is 2.37. The molecule has 3 rings (SSSR count). The highest BCUT2D eigenvalue weighted by molar-refractivity contribution is 6.03. The Morgan fingerprint density at radius 2 is 1.75 bits per heavy atom. The van der Waals surface area contributed by atoms with Gasteiger partial charge in [0.25, 0.3) is 0 Å². The van der Waals surface area contributed by atoms with Crippen LogP contribution in [0.25, 0.3) is 0 Å². The maximum absolute atomic E-state index is 13.0. The zero-order valence-corrected chi connectivity index (χ0v) is 14.1. The van der Waals surface area contributed by atoms with Crippen LogP contribution in [-0.4, -0.2) is 29.8 Å². The molecule has 0 aliphatic carbocycles. The van der Waals surface area contributed by atoms with Crippen molar-refractivity contribution in [3.63, 3.8) is 0 Å². The number of benzene rings is 2. The van der Waals surface area contributed by atoms with Gasteiger partial charge in [0, 0.05) is 32.1 Å². The summed E-state index contributed by atoms with van der Waals surface area (Å²) < 4.78 is 0. The van der Waals surface area contributed by atoms with Gasteiger partial charge >= 0.3 is 0 Å². The van der Waals surface area contributed by atoms with E-state index in [-0.39, 0.29) is 11.8 Å². The molecule has 2 amide bonds. The molecule has 0 saturated heterocycles. The first-order valence-corrected chi connectivity index (χ1v) is 8.30. The summed E-state index contributed by atoms with van der Waals surface area (Å²) in [5, 5.41) is 0. The van der Waals surface area contributed by atoms with Crippen molar-refractivity contribution in [3.05, 3.63) is 65.7 Å². The summed E-state index contributed by atoms with van der Waals surface area (Å²) in [6, 6.07) is 17.2. The van der Waals surface area contributed by atoms with Crippen LogP contribution in [0.1, 0.15) is 24.5 Å². The molecule has 1 unspecified atom stereocenters. The van der Waals surface area contributed by atoms with Gasteiger partial charge in [0.05, 0.1) is 0 Å². The highest BCUT2D eigenvalue weighted by Gasteiger charge is 2.38. The van der Waals surface area contributed by atoms with Gasteiger partial charge in [-0.05, 0) is 17.2 Å². The topological polar surface area (TPSA) is 40.6 Å². The van der Waals surface area contributed by atoms with Crippen molar-refractivity contribution < 1.29 is 9.59 Å². The number of anilines is 1. The minimum atomic E-state index is -0.441. The fraction of sp³-hybridized carbons (Fsp3) is 0.300. The predicted octanol–water partition coefficient (Wildman–Crippen LogP) is 3.01. The third kappa shape index (κ3) is 3.04. The van der Waals surface area contributed by atoms with Gasteiger partial charge < -0.3 is 4.90 Å². The van der Waals surface area contributed by atoms with Crippen molar-refractivity contribution in [2.45, 2.75) is 32.4 Å². The molecule has 1 aliphatic heterocycles. The van der Waals surface area contributed by atoms with E-state index in [1.165, 1.54) is 0 Å². The van der Waals surface area contributed by atoms with Crippen LogP contribution in [0.4, 0.5) is 5.69 Å². The molecule has 2 aromatic carbocycles. The van der Waals surface area contributed by atoms with Crippen LogP contribution < -0.4 is 4.90 Å². The molecule has 0 bridgehead atoms. The van der Waals surface area contributed by atoms with Gasteiger partial charge in [0.2, 0.25) is 11.8 Å². The molecule has 0 fully saturated rings. The average molecular weight is 322 g/mol. The predicted molar refractivity (Wildman–Crippen MR) is 94.6 cm³/mol. The Kier molecular flexibility index (Phi) is 4.65. The molecule has 0 aromatic heterocycles. The molecular weight excluding hydrogens is 300 g/mol. The summed E-state index contributed by atoms with van der Waals surface area (Å²) in [5.41, 5.74) is 3.01. The minimum Gasteiger partial charge on any atom is -0.340 e. The van der Waals surface area contributed by atoms with Crippen LogP contribution >= 0.6 is 0 Å². The lowest BCUT2D eigenvalue weighted by atomic mass is 10.1. The highest BCUT2D eigenvalue weighted by Crippen LogP contribution is 2.33. The number of nitrogens with zero attached hydrogens (tertiary/aromatic N) is 2. The first-order chi connectivity index (χ1) is 11.6. The Morgan fingerprint density at radius 3 is 2.46 bits per heavy atom. The number of carbonyl (C=O) groups is 2. The molecule has 4 nitrogen and oxygen atoms in total. The van der Waals surface area contributed by atoms with Gasteiger partial charge in [-0.15, -0.1) is 0 Å². The Labute approximate surface area is 142 Å². The van der Waals surface area contributed by atoms with Crippen LogP contribution in [0.5, 0.6) is 0 Å². The molecule has 0 radical (unpaired) electrons. The molecule has 1 atom stereocenters. The normalized spacial score (nSPS) is 15.9. The quantitative estimate of drug-likeness (QED) is 0.868.